The second kappa shape index (κ2) is 6.70. The summed E-state index contributed by atoms with van der Waals surface area (Å²) in [6, 6.07) is 9.53. The summed E-state index contributed by atoms with van der Waals surface area (Å²) < 4.78 is 0. The van der Waals surface area contributed by atoms with Gasteiger partial charge in [0.05, 0.1) is 12.5 Å². The third-order valence-electron chi connectivity index (χ3n) is 2.68. The van der Waals surface area contributed by atoms with Crippen molar-refractivity contribution >= 4 is 5.91 Å². The Balaban J connectivity index is 2.56. The van der Waals surface area contributed by atoms with Crippen LogP contribution in [0.5, 0.6) is 0 Å². The molecule has 1 rings (SSSR count). The lowest BCUT2D eigenvalue weighted by atomic mass is 10.1. The Hall–Kier alpha value is -1.82. The minimum absolute atomic E-state index is 0.0840. The number of carbonyl (C=O) groups excluding carboxylic acids is 1. The van der Waals surface area contributed by atoms with Crippen LogP contribution in [0.3, 0.4) is 0 Å². The number of amides is 1. The Morgan fingerprint density at radius 2 is 2.18 bits per heavy atom. The van der Waals surface area contributed by atoms with Crippen molar-refractivity contribution in [2.24, 2.45) is 0 Å². The second-order valence-corrected chi connectivity index (χ2v) is 4.14. The zero-order valence-corrected chi connectivity index (χ0v) is 10.4. The van der Waals surface area contributed by atoms with Crippen LogP contribution in [0.2, 0.25) is 0 Å². The summed E-state index contributed by atoms with van der Waals surface area (Å²) in [5.41, 5.74) is 2.12. The molecular weight excluding hydrogens is 212 g/mol. The van der Waals surface area contributed by atoms with Gasteiger partial charge >= 0.3 is 0 Å². The van der Waals surface area contributed by atoms with Gasteiger partial charge in [0.25, 0.3) is 0 Å². The molecule has 0 bridgehead atoms. The molecule has 0 aromatic heterocycles. The maximum absolute atomic E-state index is 11.7. The first-order valence-corrected chi connectivity index (χ1v) is 5.90. The first-order chi connectivity index (χ1) is 8.17. The summed E-state index contributed by atoms with van der Waals surface area (Å²) in [5.74, 6) is -0.0840. The molecule has 3 nitrogen and oxygen atoms in total. The maximum atomic E-state index is 11.7. The minimum Gasteiger partial charge on any atom is -0.340 e. The highest BCUT2D eigenvalue weighted by atomic mass is 16.1. The van der Waals surface area contributed by atoms with Crippen molar-refractivity contribution in [3.05, 3.63) is 35.4 Å². The lowest BCUT2D eigenvalue weighted by Gasteiger charge is -2.11. The van der Waals surface area contributed by atoms with Crippen molar-refractivity contribution in [3.8, 4) is 6.07 Å². The van der Waals surface area contributed by atoms with Crippen LogP contribution in [0.4, 0.5) is 0 Å². The summed E-state index contributed by atoms with van der Waals surface area (Å²) in [7, 11) is 0. The molecule has 0 aliphatic carbocycles. The van der Waals surface area contributed by atoms with E-state index in [0.29, 0.717) is 12.8 Å². The summed E-state index contributed by atoms with van der Waals surface area (Å²) >= 11 is 0. The van der Waals surface area contributed by atoms with Gasteiger partial charge in [-0.25, -0.2) is 0 Å². The topological polar surface area (TPSA) is 52.9 Å². The molecule has 0 aliphatic heterocycles. The number of nitriles is 1. The maximum Gasteiger partial charge on any atom is 0.225 e. The van der Waals surface area contributed by atoms with E-state index >= 15 is 0 Å². The van der Waals surface area contributed by atoms with Crippen molar-refractivity contribution < 1.29 is 4.79 Å². The van der Waals surface area contributed by atoms with Crippen LogP contribution >= 0.6 is 0 Å². The smallest absolute Gasteiger partial charge is 0.225 e. The highest BCUT2D eigenvalue weighted by Crippen LogP contribution is 2.07. The van der Waals surface area contributed by atoms with E-state index in [0.717, 1.165) is 17.5 Å². The van der Waals surface area contributed by atoms with Crippen molar-refractivity contribution in [1.82, 2.24) is 5.32 Å². The number of nitrogens with zero attached hydrogens (tertiary/aromatic N) is 1. The molecule has 0 spiro atoms. The van der Waals surface area contributed by atoms with E-state index in [2.05, 4.69) is 11.4 Å². The van der Waals surface area contributed by atoms with E-state index in [4.69, 9.17) is 5.26 Å². The molecule has 1 unspecified atom stereocenters. The number of aryl methyl sites for hydroxylation is 1. The number of hydrogen-bond acceptors (Lipinski definition) is 2. The number of hydrogen-bond donors (Lipinski definition) is 1. The van der Waals surface area contributed by atoms with E-state index in [1.165, 1.54) is 0 Å². The first kappa shape index (κ1) is 13.2. The third kappa shape index (κ3) is 4.28. The monoisotopic (exact) mass is 230 g/mol. The predicted molar refractivity (Wildman–Crippen MR) is 67.3 cm³/mol. The molecule has 1 aromatic rings. The van der Waals surface area contributed by atoms with Gasteiger partial charge in [-0.3, -0.25) is 4.79 Å². The average molecular weight is 230 g/mol. The SMILES string of the molecule is CCCC(C#N)NC(=O)Cc1ccccc1C. The van der Waals surface area contributed by atoms with Gasteiger partial charge in [0.1, 0.15) is 6.04 Å². The Kier molecular flexibility index (Phi) is 5.22. The van der Waals surface area contributed by atoms with Gasteiger partial charge in [-0.1, -0.05) is 37.6 Å². The molecular formula is C14H18N2O. The fraction of sp³-hybridized carbons (Fsp3) is 0.429. The Bertz CT molecular complexity index is 420. The molecule has 0 radical (unpaired) electrons. The summed E-state index contributed by atoms with van der Waals surface area (Å²) in [6.45, 7) is 3.98. The van der Waals surface area contributed by atoms with Gasteiger partial charge in [0.2, 0.25) is 5.91 Å². The van der Waals surface area contributed by atoms with E-state index in [1.807, 2.05) is 38.1 Å². The fourth-order valence-electron chi connectivity index (χ4n) is 1.68. The number of nitrogens with one attached hydrogen (secondary N) is 1. The first-order valence-electron chi connectivity index (χ1n) is 5.90. The zero-order chi connectivity index (χ0) is 12.7. The van der Waals surface area contributed by atoms with E-state index in [9.17, 15) is 4.79 Å². The summed E-state index contributed by atoms with van der Waals surface area (Å²) in [6.07, 6.45) is 1.94. The molecule has 0 fully saturated rings. The Morgan fingerprint density at radius 3 is 2.76 bits per heavy atom. The van der Waals surface area contributed by atoms with Crippen molar-refractivity contribution in [2.75, 3.05) is 0 Å². The van der Waals surface area contributed by atoms with Crippen LogP contribution in [0.25, 0.3) is 0 Å². The van der Waals surface area contributed by atoms with Crippen molar-refractivity contribution in [3.63, 3.8) is 0 Å². The summed E-state index contributed by atoms with van der Waals surface area (Å²) in [5, 5.41) is 11.6. The summed E-state index contributed by atoms with van der Waals surface area (Å²) in [4.78, 5) is 11.7. The highest BCUT2D eigenvalue weighted by molar-refractivity contribution is 5.79. The average Bonchev–Trinajstić information content (AvgIpc) is 2.31. The number of carbonyl (C=O) groups is 1. The predicted octanol–water partition coefficient (Wildman–Crippen LogP) is 2.35. The van der Waals surface area contributed by atoms with E-state index in [-0.39, 0.29) is 11.9 Å². The van der Waals surface area contributed by atoms with Crippen LogP contribution in [-0.2, 0) is 11.2 Å². The molecule has 0 saturated carbocycles. The number of rotatable bonds is 5. The quantitative estimate of drug-likeness (QED) is 0.844. The highest BCUT2D eigenvalue weighted by Gasteiger charge is 2.11. The minimum atomic E-state index is -0.364. The lowest BCUT2D eigenvalue weighted by Crippen LogP contribution is -2.34. The van der Waals surface area contributed by atoms with Gasteiger partial charge in [0, 0.05) is 0 Å². The normalized spacial score (nSPS) is 11.6. The molecule has 1 aromatic carbocycles. The molecule has 0 saturated heterocycles. The molecule has 1 amide bonds. The molecule has 0 heterocycles. The van der Waals surface area contributed by atoms with Crippen LogP contribution in [0.15, 0.2) is 24.3 Å². The van der Waals surface area contributed by atoms with Crippen molar-refractivity contribution in [1.29, 1.82) is 5.26 Å². The van der Waals surface area contributed by atoms with Gasteiger partial charge in [-0.2, -0.15) is 5.26 Å². The molecule has 3 heteroatoms. The van der Waals surface area contributed by atoms with Crippen LogP contribution in [-0.4, -0.2) is 11.9 Å². The van der Waals surface area contributed by atoms with Crippen LogP contribution in [0, 0.1) is 18.3 Å². The molecule has 0 aliphatic rings. The lowest BCUT2D eigenvalue weighted by molar-refractivity contribution is -0.120. The van der Waals surface area contributed by atoms with Crippen LogP contribution < -0.4 is 5.32 Å². The third-order valence-corrected chi connectivity index (χ3v) is 2.68. The van der Waals surface area contributed by atoms with E-state index in [1.54, 1.807) is 0 Å². The zero-order valence-electron chi connectivity index (χ0n) is 10.4. The molecule has 1 atom stereocenters. The van der Waals surface area contributed by atoms with Crippen molar-refractivity contribution in [2.45, 2.75) is 39.2 Å². The van der Waals surface area contributed by atoms with Gasteiger partial charge in [0.15, 0.2) is 0 Å². The fourth-order valence-corrected chi connectivity index (χ4v) is 1.68. The van der Waals surface area contributed by atoms with Crippen LogP contribution in [0.1, 0.15) is 30.9 Å². The Morgan fingerprint density at radius 1 is 1.47 bits per heavy atom. The van der Waals surface area contributed by atoms with Gasteiger partial charge in [-0.15, -0.1) is 0 Å². The largest absolute Gasteiger partial charge is 0.340 e. The molecule has 1 N–H and O–H groups in total. The second-order valence-electron chi connectivity index (χ2n) is 4.14. The number of benzene rings is 1. The standard InChI is InChI=1S/C14H18N2O/c1-3-6-13(10-15)16-14(17)9-12-8-5-4-7-11(12)2/h4-5,7-8,13H,3,6,9H2,1-2H3,(H,16,17). The van der Waals surface area contributed by atoms with E-state index < -0.39 is 0 Å². The molecule has 17 heavy (non-hydrogen) atoms. The van der Waals surface area contributed by atoms with Gasteiger partial charge < -0.3 is 5.32 Å². The molecule has 90 valence electrons. The Labute approximate surface area is 102 Å². The van der Waals surface area contributed by atoms with Gasteiger partial charge in [-0.05, 0) is 24.5 Å².